The molecule has 1 saturated carbocycles. The van der Waals surface area contributed by atoms with Gasteiger partial charge in [0.1, 0.15) is 0 Å². The second-order valence-corrected chi connectivity index (χ2v) is 5.54. The normalized spacial score (nSPS) is 25.3. The van der Waals surface area contributed by atoms with E-state index in [4.69, 9.17) is 9.84 Å². The molecule has 6 nitrogen and oxygen atoms in total. The van der Waals surface area contributed by atoms with Crippen molar-refractivity contribution in [1.82, 2.24) is 10.2 Å². The van der Waals surface area contributed by atoms with Gasteiger partial charge in [0, 0.05) is 19.5 Å². The van der Waals surface area contributed by atoms with Gasteiger partial charge in [-0.25, -0.2) is 4.79 Å². The van der Waals surface area contributed by atoms with Gasteiger partial charge in [-0.05, 0) is 32.1 Å². The Morgan fingerprint density at radius 1 is 1.25 bits per heavy atom. The van der Waals surface area contributed by atoms with Crippen LogP contribution in [0.2, 0.25) is 0 Å². The maximum Gasteiger partial charge on any atom is 0.317 e. The molecule has 2 unspecified atom stereocenters. The summed E-state index contributed by atoms with van der Waals surface area (Å²) in [5.41, 5.74) is 0. The molecule has 114 valence electrons. The fraction of sp³-hybridized carbons (Fsp3) is 0.857. The van der Waals surface area contributed by atoms with Gasteiger partial charge >= 0.3 is 12.0 Å². The molecule has 0 aromatic rings. The molecule has 0 spiro atoms. The molecule has 1 saturated heterocycles. The molecule has 0 aromatic heterocycles. The molecule has 2 amide bonds. The van der Waals surface area contributed by atoms with Crippen LogP contribution in [0.5, 0.6) is 0 Å². The Labute approximate surface area is 119 Å². The van der Waals surface area contributed by atoms with E-state index in [0.717, 1.165) is 32.1 Å². The lowest BCUT2D eigenvalue weighted by molar-refractivity contribution is -0.137. The Bertz CT molecular complexity index is 348. The summed E-state index contributed by atoms with van der Waals surface area (Å²) in [6.07, 6.45) is 6.01. The Morgan fingerprint density at radius 2 is 2.10 bits per heavy atom. The van der Waals surface area contributed by atoms with E-state index in [0.29, 0.717) is 26.1 Å². The fourth-order valence-electron chi connectivity index (χ4n) is 3.05. The van der Waals surface area contributed by atoms with Crippen LogP contribution in [0.25, 0.3) is 0 Å². The second-order valence-electron chi connectivity index (χ2n) is 5.54. The highest BCUT2D eigenvalue weighted by Gasteiger charge is 2.38. The Hall–Kier alpha value is -1.30. The number of amides is 2. The molecular weight excluding hydrogens is 260 g/mol. The minimum Gasteiger partial charge on any atom is -0.481 e. The number of carboxylic acids is 1. The molecule has 2 N–H and O–H groups in total. The summed E-state index contributed by atoms with van der Waals surface area (Å²) in [5, 5.41) is 11.5. The van der Waals surface area contributed by atoms with Crippen LogP contribution in [0, 0.1) is 0 Å². The first kappa shape index (κ1) is 15.1. The van der Waals surface area contributed by atoms with E-state index in [1.807, 2.05) is 4.90 Å². The largest absolute Gasteiger partial charge is 0.481 e. The van der Waals surface area contributed by atoms with Crippen molar-refractivity contribution >= 4 is 12.0 Å². The molecule has 2 fully saturated rings. The number of hydrogen-bond donors (Lipinski definition) is 2. The topological polar surface area (TPSA) is 78.9 Å². The zero-order valence-corrected chi connectivity index (χ0v) is 11.8. The number of nitrogens with zero attached hydrogens (tertiary/aromatic N) is 1. The van der Waals surface area contributed by atoms with Crippen LogP contribution in [-0.2, 0) is 9.53 Å². The first-order chi connectivity index (χ1) is 9.68. The lowest BCUT2D eigenvalue weighted by atomic mass is 10.1. The number of urea groups is 1. The summed E-state index contributed by atoms with van der Waals surface area (Å²) in [4.78, 5) is 24.4. The Balaban J connectivity index is 1.63. The molecule has 20 heavy (non-hydrogen) atoms. The summed E-state index contributed by atoms with van der Waals surface area (Å²) >= 11 is 0. The number of carboxylic acid groups (broad SMARTS) is 1. The lowest BCUT2D eigenvalue weighted by Crippen LogP contribution is -2.54. The fourth-order valence-corrected chi connectivity index (χ4v) is 3.05. The molecule has 0 radical (unpaired) electrons. The van der Waals surface area contributed by atoms with E-state index in [-0.39, 0.29) is 24.6 Å². The highest BCUT2D eigenvalue weighted by molar-refractivity contribution is 5.74. The smallest absolute Gasteiger partial charge is 0.317 e. The maximum atomic E-state index is 12.1. The van der Waals surface area contributed by atoms with Crippen molar-refractivity contribution in [2.24, 2.45) is 0 Å². The van der Waals surface area contributed by atoms with Gasteiger partial charge in [-0.3, -0.25) is 4.79 Å². The maximum absolute atomic E-state index is 12.1. The summed E-state index contributed by atoms with van der Waals surface area (Å²) in [5.74, 6) is -0.755. The van der Waals surface area contributed by atoms with E-state index < -0.39 is 5.97 Å². The molecule has 2 aliphatic rings. The zero-order chi connectivity index (χ0) is 14.4. The first-order valence-corrected chi connectivity index (χ1v) is 7.56. The van der Waals surface area contributed by atoms with Gasteiger partial charge in [0.2, 0.25) is 0 Å². The van der Waals surface area contributed by atoms with Crippen molar-refractivity contribution in [3.63, 3.8) is 0 Å². The molecule has 6 heteroatoms. The van der Waals surface area contributed by atoms with Gasteiger partial charge in [-0.2, -0.15) is 0 Å². The van der Waals surface area contributed by atoms with Crippen molar-refractivity contribution in [1.29, 1.82) is 0 Å². The predicted octanol–water partition coefficient (Wildman–Crippen LogP) is 1.59. The Kier molecular flexibility index (Phi) is 5.64. The van der Waals surface area contributed by atoms with E-state index >= 15 is 0 Å². The van der Waals surface area contributed by atoms with Crippen LogP contribution in [-0.4, -0.2) is 53.8 Å². The summed E-state index contributed by atoms with van der Waals surface area (Å²) in [7, 11) is 0. The number of unbranched alkanes of at least 4 members (excludes halogenated alkanes) is 2. The van der Waals surface area contributed by atoms with Gasteiger partial charge in [0.05, 0.1) is 18.8 Å². The van der Waals surface area contributed by atoms with Crippen LogP contribution in [0.4, 0.5) is 4.79 Å². The molecular formula is C14H24N2O4. The third-order valence-corrected chi connectivity index (χ3v) is 4.09. The number of hydrogen-bond acceptors (Lipinski definition) is 3. The first-order valence-electron chi connectivity index (χ1n) is 7.56. The van der Waals surface area contributed by atoms with Crippen LogP contribution < -0.4 is 5.32 Å². The third-order valence-electron chi connectivity index (χ3n) is 4.09. The highest BCUT2D eigenvalue weighted by atomic mass is 16.5. The molecule has 0 aromatic carbocycles. The van der Waals surface area contributed by atoms with Gasteiger partial charge in [-0.1, -0.05) is 6.42 Å². The minimum atomic E-state index is -0.755. The van der Waals surface area contributed by atoms with Crippen molar-refractivity contribution in [2.45, 2.75) is 57.1 Å². The van der Waals surface area contributed by atoms with E-state index in [2.05, 4.69) is 5.32 Å². The van der Waals surface area contributed by atoms with Gasteiger partial charge in [0.25, 0.3) is 0 Å². The van der Waals surface area contributed by atoms with Crippen LogP contribution in [0.1, 0.15) is 44.9 Å². The second kappa shape index (κ2) is 7.47. The number of nitrogens with one attached hydrogen (secondary N) is 1. The molecule has 1 aliphatic carbocycles. The van der Waals surface area contributed by atoms with Crippen molar-refractivity contribution in [3.8, 4) is 0 Å². The van der Waals surface area contributed by atoms with E-state index in [1.165, 1.54) is 0 Å². The molecule has 1 aliphatic heterocycles. The van der Waals surface area contributed by atoms with Crippen LogP contribution >= 0.6 is 0 Å². The van der Waals surface area contributed by atoms with E-state index in [1.54, 1.807) is 0 Å². The molecule has 2 rings (SSSR count). The zero-order valence-electron chi connectivity index (χ0n) is 11.8. The predicted molar refractivity (Wildman–Crippen MR) is 73.6 cm³/mol. The molecule has 1 heterocycles. The number of carbonyl (C=O) groups is 2. The average molecular weight is 284 g/mol. The average Bonchev–Trinajstić information content (AvgIpc) is 2.90. The summed E-state index contributed by atoms with van der Waals surface area (Å²) in [6.45, 7) is 1.92. The number of aliphatic carboxylic acids is 1. The summed E-state index contributed by atoms with van der Waals surface area (Å²) in [6, 6.07) is 0.249. The highest BCUT2D eigenvalue weighted by Crippen LogP contribution is 2.29. The van der Waals surface area contributed by atoms with Gasteiger partial charge in [-0.15, -0.1) is 0 Å². The SMILES string of the molecule is O=C(O)CCCCCNC(=O)N1CCOC2CCCC21. The molecule has 0 bridgehead atoms. The number of ether oxygens (including phenoxy) is 1. The summed E-state index contributed by atoms with van der Waals surface area (Å²) < 4.78 is 5.69. The van der Waals surface area contributed by atoms with Crippen molar-refractivity contribution < 1.29 is 19.4 Å². The van der Waals surface area contributed by atoms with Crippen molar-refractivity contribution in [2.75, 3.05) is 19.7 Å². The molecule has 2 atom stereocenters. The lowest BCUT2D eigenvalue weighted by Gasteiger charge is -2.37. The van der Waals surface area contributed by atoms with Gasteiger partial charge < -0.3 is 20.1 Å². The number of morpholine rings is 1. The number of rotatable bonds is 6. The third kappa shape index (κ3) is 4.10. The van der Waals surface area contributed by atoms with Crippen LogP contribution in [0.3, 0.4) is 0 Å². The van der Waals surface area contributed by atoms with Crippen molar-refractivity contribution in [3.05, 3.63) is 0 Å². The Morgan fingerprint density at radius 3 is 2.90 bits per heavy atom. The van der Waals surface area contributed by atoms with E-state index in [9.17, 15) is 9.59 Å². The number of fused-ring (bicyclic) bond motifs is 1. The van der Waals surface area contributed by atoms with Crippen LogP contribution in [0.15, 0.2) is 0 Å². The quantitative estimate of drug-likeness (QED) is 0.726. The van der Waals surface area contributed by atoms with Gasteiger partial charge in [0.15, 0.2) is 0 Å². The number of carbonyl (C=O) groups excluding carboxylic acids is 1. The standard InChI is InChI=1S/C14H24N2O4/c17-13(18)7-2-1-3-8-15-14(19)16-9-10-20-12-6-4-5-11(12)16/h11-12H,1-10H2,(H,15,19)(H,17,18). The minimum absolute atomic E-state index is 0.00318. The monoisotopic (exact) mass is 284 g/mol.